The van der Waals surface area contributed by atoms with E-state index in [2.05, 4.69) is 9.88 Å². The maximum atomic E-state index is 13.6. The molecule has 0 spiro atoms. The molecule has 0 bridgehead atoms. The number of hydrogen-bond donors (Lipinski definition) is 0. The van der Waals surface area contributed by atoms with Gasteiger partial charge in [0.1, 0.15) is 16.9 Å². The third-order valence-electron chi connectivity index (χ3n) is 5.03. The smallest absolute Gasteiger partial charge is 0.277 e. The van der Waals surface area contributed by atoms with E-state index in [1.165, 1.54) is 31.4 Å². The Bertz CT molecular complexity index is 953. The van der Waals surface area contributed by atoms with Crippen molar-refractivity contribution in [3.8, 4) is 0 Å². The summed E-state index contributed by atoms with van der Waals surface area (Å²) >= 11 is 0. The zero-order valence-corrected chi connectivity index (χ0v) is 13.8. The highest BCUT2D eigenvalue weighted by atomic mass is 19.1. The highest BCUT2D eigenvalue weighted by Crippen LogP contribution is 2.24. The maximum absolute atomic E-state index is 13.6. The van der Waals surface area contributed by atoms with Crippen molar-refractivity contribution in [2.75, 3.05) is 19.6 Å². The van der Waals surface area contributed by atoms with Crippen molar-refractivity contribution in [3.05, 3.63) is 40.7 Å². The Morgan fingerprint density at radius 2 is 1.96 bits per heavy atom. The topological polar surface area (TPSA) is 43.1 Å². The number of benzene rings is 1. The van der Waals surface area contributed by atoms with Gasteiger partial charge in [0.25, 0.3) is 5.56 Å². The molecule has 0 radical (unpaired) electrons. The molecule has 4 rings (SSSR count). The summed E-state index contributed by atoms with van der Waals surface area (Å²) in [5.74, 6) is -0.314. The first-order valence-electron chi connectivity index (χ1n) is 8.50. The number of halogens is 1. The SMILES string of the molecule is Cn1c2ccc(F)cc2c2ncn(CCN3CCCCC3)c(=O)c21. The van der Waals surface area contributed by atoms with Crippen molar-refractivity contribution < 1.29 is 4.39 Å². The Labute approximate surface area is 139 Å². The Balaban J connectivity index is 1.73. The summed E-state index contributed by atoms with van der Waals surface area (Å²) in [6.45, 7) is 3.72. The molecule has 1 aliphatic heterocycles. The molecular weight excluding hydrogens is 307 g/mol. The molecule has 3 heterocycles. The van der Waals surface area contributed by atoms with Crippen molar-refractivity contribution in [2.24, 2.45) is 7.05 Å². The largest absolute Gasteiger partial charge is 0.338 e. The predicted molar refractivity (Wildman–Crippen MR) is 92.7 cm³/mol. The maximum Gasteiger partial charge on any atom is 0.277 e. The van der Waals surface area contributed by atoms with E-state index >= 15 is 0 Å². The highest BCUT2D eigenvalue weighted by molar-refractivity contribution is 6.05. The molecule has 0 atom stereocenters. The normalized spacial score (nSPS) is 16.2. The zero-order chi connectivity index (χ0) is 16.7. The van der Waals surface area contributed by atoms with Gasteiger partial charge in [-0.2, -0.15) is 0 Å². The second-order valence-corrected chi connectivity index (χ2v) is 6.56. The van der Waals surface area contributed by atoms with Gasteiger partial charge < -0.3 is 9.47 Å². The minimum atomic E-state index is -0.314. The Hall–Kier alpha value is -2.21. The lowest BCUT2D eigenvalue weighted by molar-refractivity contribution is 0.220. The average molecular weight is 328 g/mol. The summed E-state index contributed by atoms with van der Waals surface area (Å²) in [5.41, 5.74) is 1.88. The number of hydrogen-bond acceptors (Lipinski definition) is 3. The fraction of sp³-hybridized carbons (Fsp3) is 0.444. The summed E-state index contributed by atoms with van der Waals surface area (Å²) in [4.78, 5) is 19.7. The van der Waals surface area contributed by atoms with Crippen LogP contribution in [0.3, 0.4) is 0 Å². The average Bonchev–Trinajstić information content (AvgIpc) is 2.88. The number of rotatable bonds is 3. The van der Waals surface area contributed by atoms with Gasteiger partial charge in [-0.1, -0.05) is 6.42 Å². The molecule has 6 heteroatoms. The molecule has 1 fully saturated rings. The molecule has 3 aromatic rings. The van der Waals surface area contributed by atoms with E-state index in [1.807, 2.05) is 11.6 Å². The van der Waals surface area contributed by atoms with Gasteiger partial charge in [0.05, 0.1) is 11.8 Å². The van der Waals surface area contributed by atoms with Crippen molar-refractivity contribution >= 4 is 21.9 Å². The van der Waals surface area contributed by atoms with Crippen LogP contribution in [0.25, 0.3) is 21.9 Å². The van der Waals surface area contributed by atoms with Crippen LogP contribution in [0, 0.1) is 5.82 Å². The number of aromatic nitrogens is 3. The second-order valence-electron chi connectivity index (χ2n) is 6.56. The van der Waals surface area contributed by atoms with Gasteiger partial charge in [-0.3, -0.25) is 9.36 Å². The highest BCUT2D eigenvalue weighted by Gasteiger charge is 2.16. The third-order valence-corrected chi connectivity index (χ3v) is 5.03. The molecule has 0 N–H and O–H groups in total. The van der Waals surface area contributed by atoms with Crippen LogP contribution in [0.15, 0.2) is 29.3 Å². The Morgan fingerprint density at radius 1 is 1.17 bits per heavy atom. The van der Waals surface area contributed by atoms with E-state index < -0.39 is 0 Å². The van der Waals surface area contributed by atoms with E-state index in [0.29, 0.717) is 23.0 Å². The third kappa shape index (κ3) is 2.51. The number of fused-ring (bicyclic) bond motifs is 3. The van der Waals surface area contributed by atoms with E-state index in [1.54, 1.807) is 17.0 Å². The number of nitrogens with zero attached hydrogens (tertiary/aromatic N) is 4. The lowest BCUT2D eigenvalue weighted by Crippen LogP contribution is -2.34. The summed E-state index contributed by atoms with van der Waals surface area (Å²) in [5, 5.41) is 0.688. The quantitative estimate of drug-likeness (QED) is 0.742. The summed E-state index contributed by atoms with van der Waals surface area (Å²) in [6, 6.07) is 4.56. The van der Waals surface area contributed by atoms with E-state index in [9.17, 15) is 9.18 Å². The molecule has 126 valence electrons. The first kappa shape index (κ1) is 15.3. The van der Waals surface area contributed by atoms with Crippen LogP contribution in [0.1, 0.15) is 19.3 Å². The molecule has 2 aromatic heterocycles. The van der Waals surface area contributed by atoms with Crippen LogP contribution in [-0.2, 0) is 13.6 Å². The van der Waals surface area contributed by atoms with Crippen LogP contribution in [0.2, 0.25) is 0 Å². The summed E-state index contributed by atoms with van der Waals surface area (Å²) in [6.07, 6.45) is 5.37. The van der Waals surface area contributed by atoms with Crippen LogP contribution in [0.4, 0.5) is 4.39 Å². The number of aryl methyl sites for hydroxylation is 1. The van der Waals surface area contributed by atoms with Gasteiger partial charge in [-0.25, -0.2) is 9.37 Å². The van der Waals surface area contributed by atoms with Gasteiger partial charge >= 0.3 is 0 Å². The molecule has 1 saturated heterocycles. The molecule has 0 unspecified atom stereocenters. The first-order valence-corrected chi connectivity index (χ1v) is 8.50. The Morgan fingerprint density at radius 3 is 2.75 bits per heavy atom. The monoisotopic (exact) mass is 328 g/mol. The van der Waals surface area contributed by atoms with E-state index in [4.69, 9.17) is 0 Å². The van der Waals surface area contributed by atoms with Gasteiger partial charge in [0, 0.05) is 25.5 Å². The molecule has 0 aliphatic carbocycles. The number of piperidine rings is 1. The first-order chi connectivity index (χ1) is 11.6. The lowest BCUT2D eigenvalue weighted by Gasteiger charge is -2.26. The van der Waals surface area contributed by atoms with Crippen LogP contribution >= 0.6 is 0 Å². The van der Waals surface area contributed by atoms with Crippen molar-refractivity contribution in [3.63, 3.8) is 0 Å². The van der Waals surface area contributed by atoms with Crippen LogP contribution in [-0.4, -0.2) is 38.7 Å². The fourth-order valence-corrected chi connectivity index (χ4v) is 3.68. The Kier molecular flexibility index (Phi) is 3.84. The molecule has 1 aromatic carbocycles. The minimum absolute atomic E-state index is 0.0592. The van der Waals surface area contributed by atoms with Crippen LogP contribution in [0.5, 0.6) is 0 Å². The van der Waals surface area contributed by atoms with E-state index in [0.717, 1.165) is 25.2 Å². The molecule has 5 nitrogen and oxygen atoms in total. The molecule has 1 aliphatic rings. The van der Waals surface area contributed by atoms with Gasteiger partial charge in [-0.05, 0) is 44.1 Å². The second kappa shape index (κ2) is 6.02. The van der Waals surface area contributed by atoms with Crippen molar-refractivity contribution in [1.82, 2.24) is 19.0 Å². The van der Waals surface area contributed by atoms with Gasteiger partial charge in [0.15, 0.2) is 0 Å². The fourth-order valence-electron chi connectivity index (χ4n) is 3.68. The zero-order valence-electron chi connectivity index (χ0n) is 13.8. The minimum Gasteiger partial charge on any atom is -0.338 e. The summed E-state index contributed by atoms with van der Waals surface area (Å²) < 4.78 is 17.0. The van der Waals surface area contributed by atoms with Crippen molar-refractivity contribution in [2.45, 2.75) is 25.8 Å². The standard InChI is InChI=1S/C18H21FN4O/c1-21-15-6-5-13(19)11-14(15)16-17(21)18(24)23(12-20-16)10-9-22-7-3-2-4-8-22/h5-6,11-12H,2-4,7-10H2,1H3. The molecule has 0 amide bonds. The van der Waals surface area contributed by atoms with Crippen molar-refractivity contribution in [1.29, 1.82) is 0 Å². The predicted octanol–water partition coefficient (Wildman–Crippen LogP) is 2.51. The molecular formula is C18H21FN4O. The number of likely N-dealkylation sites (tertiary alicyclic amines) is 1. The van der Waals surface area contributed by atoms with Crippen LogP contribution < -0.4 is 5.56 Å². The molecule has 0 saturated carbocycles. The molecule has 24 heavy (non-hydrogen) atoms. The van der Waals surface area contributed by atoms with Gasteiger partial charge in [-0.15, -0.1) is 0 Å². The summed E-state index contributed by atoms with van der Waals surface area (Å²) in [7, 11) is 1.83. The van der Waals surface area contributed by atoms with Gasteiger partial charge in [0.2, 0.25) is 0 Å². The lowest BCUT2D eigenvalue weighted by atomic mass is 10.1. The van der Waals surface area contributed by atoms with E-state index in [-0.39, 0.29) is 11.4 Å².